The van der Waals surface area contributed by atoms with Crippen molar-refractivity contribution in [3.05, 3.63) is 47.0 Å². The summed E-state index contributed by atoms with van der Waals surface area (Å²) in [7, 11) is 1.52. The number of benzene rings is 2. The molecule has 0 saturated heterocycles. The molecule has 5 heteroatoms. The van der Waals surface area contributed by atoms with Crippen LogP contribution in [0.2, 0.25) is 5.02 Å². The van der Waals surface area contributed by atoms with Crippen molar-refractivity contribution in [1.82, 2.24) is 0 Å². The lowest BCUT2D eigenvalue weighted by Crippen LogP contribution is -1.93. The molecule has 19 heavy (non-hydrogen) atoms. The van der Waals surface area contributed by atoms with Crippen LogP contribution < -0.4 is 15.2 Å². The molecule has 0 spiro atoms. The highest BCUT2D eigenvalue weighted by Crippen LogP contribution is 2.32. The van der Waals surface area contributed by atoms with Crippen LogP contribution in [-0.4, -0.2) is 7.11 Å². The van der Waals surface area contributed by atoms with Gasteiger partial charge in [0, 0.05) is 11.1 Å². The lowest BCUT2D eigenvalue weighted by atomic mass is 10.2. The fraction of sp³-hybridized carbons (Fsp3) is 0.0714. The van der Waals surface area contributed by atoms with Crippen LogP contribution >= 0.6 is 11.6 Å². The second-order valence-corrected chi connectivity index (χ2v) is 4.23. The first-order valence-corrected chi connectivity index (χ1v) is 5.82. The molecule has 0 atom stereocenters. The van der Waals surface area contributed by atoms with E-state index in [2.05, 4.69) is 0 Å². The van der Waals surface area contributed by atoms with E-state index in [0.717, 1.165) is 0 Å². The fourth-order valence-corrected chi connectivity index (χ4v) is 1.73. The summed E-state index contributed by atoms with van der Waals surface area (Å²) in [6, 6.07) is 11.9. The maximum atomic E-state index is 8.94. The summed E-state index contributed by atoms with van der Waals surface area (Å²) in [6.07, 6.45) is 0. The monoisotopic (exact) mass is 274 g/mol. The number of halogens is 1. The van der Waals surface area contributed by atoms with Crippen molar-refractivity contribution in [1.29, 1.82) is 5.26 Å². The van der Waals surface area contributed by atoms with Gasteiger partial charge < -0.3 is 15.2 Å². The van der Waals surface area contributed by atoms with Gasteiger partial charge in [-0.15, -0.1) is 0 Å². The lowest BCUT2D eigenvalue weighted by molar-refractivity contribution is 0.409. The zero-order valence-electron chi connectivity index (χ0n) is 10.2. The molecule has 2 N–H and O–H groups in total. The van der Waals surface area contributed by atoms with E-state index in [9.17, 15) is 0 Å². The Balaban J connectivity index is 2.35. The molecule has 0 bridgehead atoms. The first-order valence-electron chi connectivity index (χ1n) is 5.44. The van der Waals surface area contributed by atoms with E-state index in [0.29, 0.717) is 33.5 Å². The normalized spacial score (nSPS) is 9.74. The Morgan fingerprint density at radius 1 is 1.16 bits per heavy atom. The van der Waals surface area contributed by atoms with Gasteiger partial charge in [-0.1, -0.05) is 11.6 Å². The number of hydrogen-bond acceptors (Lipinski definition) is 4. The van der Waals surface area contributed by atoms with Crippen LogP contribution in [0.1, 0.15) is 5.56 Å². The molecule has 0 radical (unpaired) electrons. The number of hydrogen-bond donors (Lipinski definition) is 1. The first kappa shape index (κ1) is 13.1. The van der Waals surface area contributed by atoms with Gasteiger partial charge >= 0.3 is 0 Å². The first-order chi connectivity index (χ1) is 9.12. The molecule has 0 amide bonds. The maximum absolute atomic E-state index is 8.94. The molecule has 0 aliphatic carbocycles. The second kappa shape index (κ2) is 5.51. The summed E-state index contributed by atoms with van der Waals surface area (Å²) >= 11 is 5.82. The molecule has 0 heterocycles. The molecule has 0 unspecified atom stereocenters. The molecule has 4 nitrogen and oxygen atoms in total. The van der Waals surface area contributed by atoms with Gasteiger partial charge in [-0.05, 0) is 30.3 Å². The molecule has 2 aromatic carbocycles. The number of nitrogens with two attached hydrogens (primary N) is 1. The highest BCUT2D eigenvalue weighted by Gasteiger charge is 2.06. The van der Waals surface area contributed by atoms with E-state index in [-0.39, 0.29) is 0 Å². The van der Waals surface area contributed by atoms with Gasteiger partial charge in [0.25, 0.3) is 0 Å². The van der Waals surface area contributed by atoms with Crippen molar-refractivity contribution in [2.45, 2.75) is 0 Å². The van der Waals surface area contributed by atoms with Crippen molar-refractivity contribution >= 4 is 17.3 Å². The minimum Gasteiger partial charge on any atom is -0.497 e. The van der Waals surface area contributed by atoms with E-state index >= 15 is 0 Å². The molecule has 0 aliphatic heterocycles. The predicted molar refractivity (Wildman–Crippen MR) is 73.6 cm³/mol. The zero-order chi connectivity index (χ0) is 13.8. The molecule has 0 saturated carbocycles. The van der Waals surface area contributed by atoms with Crippen LogP contribution in [0.5, 0.6) is 17.2 Å². The number of nitriles is 1. The topological polar surface area (TPSA) is 68.3 Å². The van der Waals surface area contributed by atoms with Crippen molar-refractivity contribution < 1.29 is 9.47 Å². The van der Waals surface area contributed by atoms with Gasteiger partial charge in [0.2, 0.25) is 0 Å². The minimum absolute atomic E-state index is 0.425. The number of anilines is 1. The standard InChI is InChI=1S/C14H11ClN2O2/c1-18-11-4-9(8-16)5-12(7-11)19-14-3-2-10(15)6-13(14)17/h2-7H,17H2,1H3. The number of nitrogens with zero attached hydrogens (tertiary/aromatic N) is 1. The molecule has 2 aromatic rings. The van der Waals surface area contributed by atoms with E-state index in [1.807, 2.05) is 6.07 Å². The Kier molecular flexibility index (Phi) is 3.79. The van der Waals surface area contributed by atoms with Crippen molar-refractivity contribution in [3.63, 3.8) is 0 Å². The Morgan fingerprint density at radius 3 is 2.53 bits per heavy atom. The molecular weight excluding hydrogens is 264 g/mol. The van der Waals surface area contributed by atoms with Crippen LogP contribution in [0.25, 0.3) is 0 Å². The molecule has 0 aliphatic rings. The second-order valence-electron chi connectivity index (χ2n) is 3.79. The zero-order valence-corrected chi connectivity index (χ0v) is 10.9. The SMILES string of the molecule is COc1cc(C#N)cc(Oc2ccc(Cl)cc2N)c1. The van der Waals surface area contributed by atoms with Crippen LogP contribution in [0.3, 0.4) is 0 Å². The third-order valence-corrected chi connectivity index (χ3v) is 2.68. The number of ether oxygens (including phenoxy) is 2. The largest absolute Gasteiger partial charge is 0.497 e. The minimum atomic E-state index is 0.425. The van der Waals surface area contributed by atoms with Gasteiger partial charge in [-0.3, -0.25) is 0 Å². The Bertz CT molecular complexity index is 650. The summed E-state index contributed by atoms with van der Waals surface area (Å²) in [5.41, 5.74) is 6.68. The van der Waals surface area contributed by atoms with E-state index in [1.165, 1.54) is 7.11 Å². The third-order valence-electron chi connectivity index (χ3n) is 2.44. The average molecular weight is 275 g/mol. The Labute approximate surface area is 115 Å². The van der Waals surface area contributed by atoms with Crippen LogP contribution in [0.4, 0.5) is 5.69 Å². The van der Waals surface area contributed by atoms with Crippen molar-refractivity contribution in [2.75, 3.05) is 12.8 Å². The van der Waals surface area contributed by atoms with Crippen LogP contribution in [0, 0.1) is 11.3 Å². The molecule has 96 valence electrons. The van der Waals surface area contributed by atoms with E-state index < -0.39 is 0 Å². The number of methoxy groups -OCH3 is 1. The van der Waals surface area contributed by atoms with Crippen LogP contribution in [-0.2, 0) is 0 Å². The maximum Gasteiger partial charge on any atom is 0.150 e. The number of nitrogen functional groups attached to an aromatic ring is 1. The highest BCUT2D eigenvalue weighted by atomic mass is 35.5. The molecule has 2 rings (SSSR count). The van der Waals surface area contributed by atoms with Gasteiger partial charge in [0.15, 0.2) is 0 Å². The lowest BCUT2D eigenvalue weighted by Gasteiger charge is -2.10. The van der Waals surface area contributed by atoms with Gasteiger partial charge in [0.1, 0.15) is 17.2 Å². The van der Waals surface area contributed by atoms with E-state index in [1.54, 1.807) is 36.4 Å². The van der Waals surface area contributed by atoms with Crippen LogP contribution in [0.15, 0.2) is 36.4 Å². The van der Waals surface area contributed by atoms with Gasteiger partial charge in [-0.2, -0.15) is 5.26 Å². The molecular formula is C14H11ClN2O2. The van der Waals surface area contributed by atoms with Crippen molar-refractivity contribution in [2.24, 2.45) is 0 Å². The summed E-state index contributed by atoms with van der Waals surface area (Å²) in [5.74, 6) is 1.49. The summed E-state index contributed by atoms with van der Waals surface area (Å²) in [6.45, 7) is 0. The summed E-state index contributed by atoms with van der Waals surface area (Å²) in [5, 5.41) is 9.47. The molecule has 0 aromatic heterocycles. The third kappa shape index (κ3) is 3.09. The van der Waals surface area contributed by atoms with Crippen molar-refractivity contribution in [3.8, 4) is 23.3 Å². The number of rotatable bonds is 3. The Morgan fingerprint density at radius 2 is 1.89 bits per heavy atom. The fourth-order valence-electron chi connectivity index (χ4n) is 1.55. The Hall–Kier alpha value is -2.38. The van der Waals surface area contributed by atoms with E-state index in [4.69, 9.17) is 32.1 Å². The molecule has 0 fully saturated rings. The predicted octanol–water partition coefficient (Wildman–Crippen LogP) is 3.59. The van der Waals surface area contributed by atoms with Gasteiger partial charge in [0.05, 0.1) is 24.4 Å². The summed E-state index contributed by atoms with van der Waals surface area (Å²) < 4.78 is 10.7. The quantitative estimate of drug-likeness (QED) is 0.869. The average Bonchev–Trinajstić information content (AvgIpc) is 2.41. The highest BCUT2D eigenvalue weighted by molar-refractivity contribution is 6.30. The smallest absolute Gasteiger partial charge is 0.150 e. The summed E-state index contributed by atoms with van der Waals surface area (Å²) in [4.78, 5) is 0. The van der Waals surface area contributed by atoms with Gasteiger partial charge in [-0.25, -0.2) is 0 Å².